The molecule has 1 saturated heterocycles. The van der Waals surface area contributed by atoms with Gasteiger partial charge in [0.2, 0.25) is 10.0 Å². The predicted octanol–water partition coefficient (Wildman–Crippen LogP) is 2.75. The maximum absolute atomic E-state index is 12.2. The van der Waals surface area contributed by atoms with Crippen LogP contribution in [-0.2, 0) is 14.8 Å². The monoisotopic (exact) mass is 453 g/mol. The minimum Gasteiger partial charge on any atom is -0.489 e. The van der Waals surface area contributed by atoms with Crippen LogP contribution in [0.3, 0.4) is 0 Å². The Kier molecular flexibility index (Phi) is 7.05. The van der Waals surface area contributed by atoms with Gasteiger partial charge in [-0.2, -0.15) is 16.9 Å². The standard InChI is InChI=1S/C19H20ClN3O4S2/c1-29(25,26)23(16-6-3-5-15(20)9-16)11-19(24)22-21-10-14-4-2-7-17(8-14)27-18-12-28-13-18/h2-10,18H,11-13H2,1H3,(H,22,24)/b21-10-. The van der Waals surface area contributed by atoms with E-state index in [1.54, 1.807) is 18.2 Å². The lowest BCUT2D eigenvalue weighted by molar-refractivity contribution is -0.119. The lowest BCUT2D eigenvalue weighted by Gasteiger charge is -2.25. The van der Waals surface area contributed by atoms with E-state index < -0.39 is 22.5 Å². The molecule has 29 heavy (non-hydrogen) atoms. The minimum absolute atomic E-state index is 0.236. The van der Waals surface area contributed by atoms with Gasteiger partial charge < -0.3 is 4.74 Å². The second-order valence-corrected chi connectivity index (χ2v) is 9.81. The van der Waals surface area contributed by atoms with Gasteiger partial charge in [0, 0.05) is 16.5 Å². The Hall–Kier alpha value is -2.23. The molecule has 0 bridgehead atoms. The summed E-state index contributed by atoms with van der Waals surface area (Å²) in [6.45, 7) is -0.418. The largest absolute Gasteiger partial charge is 0.489 e. The fourth-order valence-corrected chi connectivity index (χ4v) is 4.12. The number of hydrogen-bond donors (Lipinski definition) is 1. The summed E-state index contributed by atoms with van der Waals surface area (Å²) < 4.78 is 30.9. The zero-order valence-corrected chi connectivity index (χ0v) is 18.0. The van der Waals surface area contributed by atoms with Gasteiger partial charge in [0.1, 0.15) is 18.4 Å². The number of hydrogen-bond acceptors (Lipinski definition) is 6. The average Bonchev–Trinajstić information content (AvgIpc) is 2.62. The van der Waals surface area contributed by atoms with Crippen molar-refractivity contribution in [3.63, 3.8) is 0 Å². The maximum atomic E-state index is 12.2. The van der Waals surface area contributed by atoms with E-state index in [9.17, 15) is 13.2 Å². The smallest absolute Gasteiger partial charge is 0.260 e. The molecule has 3 rings (SSSR count). The molecule has 0 spiro atoms. The first kappa shape index (κ1) is 21.5. The Morgan fingerprint density at radius 1 is 1.31 bits per heavy atom. The zero-order valence-electron chi connectivity index (χ0n) is 15.6. The molecule has 0 saturated carbocycles. The first-order valence-corrected chi connectivity index (χ1v) is 12.1. The molecule has 1 heterocycles. The number of carbonyl (C=O) groups excluding carboxylic acids is 1. The van der Waals surface area contributed by atoms with Gasteiger partial charge in [0.15, 0.2) is 0 Å². The molecule has 1 N–H and O–H groups in total. The van der Waals surface area contributed by atoms with Gasteiger partial charge in [-0.15, -0.1) is 0 Å². The summed E-state index contributed by atoms with van der Waals surface area (Å²) in [7, 11) is -3.68. The van der Waals surface area contributed by atoms with Crippen molar-refractivity contribution in [2.45, 2.75) is 6.10 Å². The molecule has 1 aliphatic rings. The van der Waals surface area contributed by atoms with Crippen molar-refractivity contribution < 1.29 is 17.9 Å². The van der Waals surface area contributed by atoms with Crippen molar-refractivity contribution in [1.29, 1.82) is 0 Å². The van der Waals surface area contributed by atoms with E-state index in [2.05, 4.69) is 10.5 Å². The van der Waals surface area contributed by atoms with Crippen molar-refractivity contribution in [2.24, 2.45) is 5.10 Å². The minimum atomic E-state index is -3.68. The second-order valence-electron chi connectivity index (χ2n) is 6.39. The fraction of sp³-hybridized carbons (Fsp3) is 0.263. The van der Waals surface area contributed by atoms with Crippen LogP contribution in [-0.4, -0.2) is 50.9 Å². The number of amides is 1. The van der Waals surface area contributed by atoms with Gasteiger partial charge in [-0.25, -0.2) is 13.8 Å². The Balaban J connectivity index is 1.61. The summed E-state index contributed by atoms with van der Waals surface area (Å²) in [5, 5.41) is 4.28. The molecule has 1 fully saturated rings. The first-order valence-electron chi connectivity index (χ1n) is 8.71. The molecule has 0 aliphatic carbocycles. The molecular weight excluding hydrogens is 434 g/mol. The molecule has 0 radical (unpaired) electrons. The molecule has 1 aliphatic heterocycles. The third-order valence-electron chi connectivity index (χ3n) is 3.95. The molecule has 0 aromatic heterocycles. The van der Waals surface area contributed by atoms with E-state index in [1.807, 2.05) is 36.0 Å². The van der Waals surface area contributed by atoms with Crippen LogP contribution in [0.4, 0.5) is 5.69 Å². The molecule has 2 aromatic carbocycles. The van der Waals surface area contributed by atoms with E-state index in [0.717, 1.165) is 33.4 Å². The molecule has 154 valence electrons. The van der Waals surface area contributed by atoms with Crippen LogP contribution in [0.15, 0.2) is 53.6 Å². The molecular formula is C19H20ClN3O4S2. The number of thioether (sulfide) groups is 1. The highest BCUT2D eigenvalue weighted by Crippen LogP contribution is 2.24. The molecule has 1 amide bonds. The number of ether oxygens (including phenoxy) is 1. The Labute approximate surface area is 179 Å². The van der Waals surface area contributed by atoms with E-state index in [-0.39, 0.29) is 6.10 Å². The van der Waals surface area contributed by atoms with Gasteiger partial charge in [-0.1, -0.05) is 29.8 Å². The number of nitrogens with one attached hydrogen (secondary N) is 1. The normalized spacial score (nSPS) is 14.4. The van der Waals surface area contributed by atoms with Crippen molar-refractivity contribution in [2.75, 3.05) is 28.6 Å². The number of halogens is 1. The van der Waals surface area contributed by atoms with Crippen molar-refractivity contribution in [3.05, 3.63) is 59.1 Å². The van der Waals surface area contributed by atoms with Crippen LogP contribution in [0, 0.1) is 0 Å². The highest BCUT2D eigenvalue weighted by Gasteiger charge is 2.21. The first-order chi connectivity index (χ1) is 13.8. The number of benzene rings is 2. The number of rotatable bonds is 8. The number of nitrogens with zero attached hydrogens (tertiary/aromatic N) is 2. The van der Waals surface area contributed by atoms with Crippen LogP contribution < -0.4 is 14.5 Å². The van der Waals surface area contributed by atoms with Crippen LogP contribution in [0.1, 0.15) is 5.56 Å². The number of sulfonamides is 1. The van der Waals surface area contributed by atoms with Crippen molar-refractivity contribution in [3.8, 4) is 5.75 Å². The third kappa shape index (κ3) is 6.38. The summed E-state index contributed by atoms with van der Waals surface area (Å²) in [4.78, 5) is 12.2. The van der Waals surface area contributed by atoms with Gasteiger partial charge in [-0.05, 0) is 35.9 Å². The number of hydrazone groups is 1. The Morgan fingerprint density at radius 3 is 2.72 bits per heavy atom. The van der Waals surface area contributed by atoms with Gasteiger partial charge in [0.25, 0.3) is 5.91 Å². The van der Waals surface area contributed by atoms with Gasteiger partial charge >= 0.3 is 0 Å². The topological polar surface area (TPSA) is 88.1 Å². The molecule has 10 heteroatoms. The number of carbonyl (C=O) groups is 1. The molecule has 0 unspecified atom stereocenters. The van der Waals surface area contributed by atoms with Crippen LogP contribution in [0.25, 0.3) is 0 Å². The van der Waals surface area contributed by atoms with Crippen LogP contribution >= 0.6 is 23.4 Å². The van der Waals surface area contributed by atoms with E-state index >= 15 is 0 Å². The van der Waals surface area contributed by atoms with E-state index in [4.69, 9.17) is 16.3 Å². The molecule has 2 aromatic rings. The summed E-state index contributed by atoms with van der Waals surface area (Å²) in [5.74, 6) is 2.13. The number of anilines is 1. The summed E-state index contributed by atoms with van der Waals surface area (Å²) in [5.41, 5.74) is 3.41. The van der Waals surface area contributed by atoms with Crippen LogP contribution in [0.5, 0.6) is 5.75 Å². The summed E-state index contributed by atoms with van der Waals surface area (Å²) >= 11 is 7.77. The molecule has 7 nitrogen and oxygen atoms in total. The molecule has 0 atom stereocenters. The van der Waals surface area contributed by atoms with Gasteiger partial charge in [-0.3, -0.25) is 9.10 Å². The maximum Gasteiger partial charge on any atom is 0.260 e. The van der Waals surface area contributed by atoms with E-state index in [1.165, 1.54) is 12.3 Å². The average molecular weight is 454 g/mol. The Morgan fingerprint density at radius 2 is 2.07 bits per heavy atom. The summed E-state index contributed by atoms with van der Waals surface area (Å²) in [6.07, 6.45) is 2.74. The van der Waals surface area contributed by atoms with Crippen molar-refractivity contribution in [1.82, 2.24) is 5.43 Å². The third-order valence-corrected chi connectivity index (χ3v) is 6.55. The fourth-order valence-electron chi connectivity index (χ4n) is 2.52. The van der Waals surface area contributed by atoms with E-state index in [0.29, 0.717) is 10.7 Å². The summed E-state index contributed by atoms with van der Waals surface area (Å²) in [6, 6.07) is 13.6. The lowest BCUT2D eigenvalue weighted by Crippen LogP contribution is -2.39. The van der Waals surface area contributed by atoms with Crippen LogP contribution in [0.2, 0.25) is 5.02 Å². The second kappa shape index (κ2) is 9.51. The highest BCUT2D eigenvalue weighted by molar-refractivity contribution is 8.00. The predicted molar refractivity (Wildman–Crippen MR) is 118 cm³/mol. The quantitative estimate of drug-likeness (QED) is 0.490. The lowest BCUT2D eigenvalue weighted by atomic mass is 10.2. The van der Waals surface area contributed by atoms with Gasteiger partial charge in [0.05, 0.1) is 18.2 Å². The Bertz CT molecular complexity index is 1010. The zero-order chi connectivity index (χ0) is 20.9. The van der Waals surface area contributed by atoms with Crippen molar-refractivity contribution >= 4 is 51.2 Å². The highest BCUT2D eigenvalue weighted by atomic mass is 35.5. The SMILES string of the molecule is CS(=O)(=O)N(CC(=O)N/N=C\c1cccc(OC2CSC2)c1)c1cccc(Cl)c1.